The highest BCUT2D eigenvalue weighted by Crippen LogP contribution is 2.29. The molecule has 0 spiro atoms. The van der Waals surface area contributed by atoms with Crippen molar-refractivity contribution in [3.63, 3.8) is 0 Å². The van der Waals surface area contributed by atoms with Crippen LogP contribution in [0.15, 0.2) is 36.4 Å². The molecule has 1 amide bonds. The largest absolute Gasteiger partial charge is 0.322 e. The smallest absolute Gasteiger partial charge is 0.257 e. The number of hydrogen-bond acceptors (Lipinski definition) is 4. The summed E-state index contributed by atoms with van der Waals surface area (Å²) in [6.45, 7) is 0.366. The minimum absolute atomic E-state index is 0.0800. The van der Waals surface area contributed by atoms with Gasteiger partial charge >= 0.3 is 0 Å². The van der Waals surface area contributed by atoms with Crippen molar-refractivity contribution in [2.24, 2.45) is 0 Å². The number of nitrogens with zero attached hydrogens (tertiary/aromatic N) is 2. The Morgan fingerprint density at radius 3 is 2.62 bits per heavy atom. The van der Waals surface area contributed by atoms with Crippen molar-refractivity contribution in [3.8, 4) is 6.07 Å². The second kappa shape index (κ2) is 7.16. The molecule has 0 saturated carbocycles. The van der Waals surface area contributed by atoms with Crippen LogP contribution in [-0.4, -0.2) is 26.6 Å². The first kappa shape index (κ1) is 18.5. The van der Waals surface area contributed by atoms with E-state index in [0.717, 1.165) is 0 Å². The molecule has 1 fully saturated rings. The van der Waals surface area contributed by atoms with Crippen molar-refractivity contribution < 1.29 is 13.2 Å². The fourth-order valence-electron chi connectivity index (χ4n) is 2.70. The van der Waals surface area contributed by atoms with E-state index >= 15 is 0 Å². The van der Waals surface area contributed by atoms with Gasteiger partial charge < -0.3 is 5.32 Å². The van der Waals surface area contributed by atoms with E-state index in [9.17, 15) is 13.2 Å². The van der Waals surface area contributed by atoms with E-state index in [-0.39, 0.29) is 16.3 Å². The number of anilines is 2. The van der Waals surface area contributed by atoms with Gasteiger partial charge in [-0.2, -0.15) is 5.26 Å². The van der Waals surface area contributed by atoms with Crippen LogP contribution in [0, 0.1) is 11.3 Å². The van der Waals surface area contributed by atoms with Crippen LogP contribution in [0.3, 0.4) is 0 Å². The lowest BCUT2D eigenvalue weighted by Crippen LogP contribution is -2.25. The van der Waals surface area contributed by atoms with Crippen LogP contribution in [0.4, 0.5) is 11.4 Å². The Kier molecular flexibility index (Phi) is 5.10. The minimum atomic E-state index is -3.36. The second-order valence-corrected chi connectivity index (χ2v) is 8.56. The predicted molar refractivity (Wildman–Crippen MR) is 101 cm³/mol. The lowest BCUT2D eigenvalue weighted by molar-refractivity contribution is 0.102. The summed E-state index contributed by atoms with van der Waals surface area (Å²) in [6.07, 6.45) is 0.534. The number of hydrogen-bond donors (Lipinski definition) is 1. The Morgan fingerprint density at radius 2 is 1.96 bits per heavy atom. The lowest BCUT2D eigenvalue weighted by atomic mass is 10.1. The van der Waals surface area contributed by atoms with Gasteiger partial charge in [0.2, 0.25) is 10.0 Å². The minimum Gasteiger partial charge on any atom is -0.322 e. The van der Waals surface area contributed by atoms with Crippen LogP contribution < -0.4 is 9.62 Å². The number of carbonyl (C=O) groups is 1. The van der Waals surface area contributed by atoms with Crippen molar-refractivity contribution in [1.29, 1.82) is 5.26 Å². The topological polar surface area (TPSA) is 90.3 Å². The molecule has 9 heteroatoms. The van der Waals surface area contributed by atoms with Crippen molar-refractivity contribution >= 4 is 50.5 Å². The van der Waals surface area contributed by atoms with Gasteiger partial charge in [-0.15, -0.1) is 0 Å². The highest BCUT2D eigenvalue weighted by atomic mass is 35.5. The van der Waals surface area contributed by atoms with Crippen molar-refractivity contribution in [3.05, 3.63) is 57.6 Å². The number of benzene rings is 2. The molecule has 1 N–H and O–H groups in total. The summed E-state index contributed by atoms with van der Waals surface area (Å²) in [4.78, 5) is 12.6. The van der Waals surface area contributed by atoms with Gasteiger partial charge in [-0.05, 0) is 42.8 Å². The summed E-state index contributed by atoms with van der Waals surface area (Å²) >= 11 is 12.0. The third-order valence-electron chi connectivity index (χ3n) is 3.87. The SMILES string of the molecule is N#Cc1cc(Cl)cc(NC(=O)c2cc(N3CCCS3(=O)=O)ccc2Cl)c1. The molecule has 0 atom stereocenters. The van der Waals surface area contributed by atoms with E-state index in [1.165, 1.54) is 34.6 Å². The molecule has 6 nitrogen and oxygen atoms in total. The number of halogens is 2. The maximum Gasteiger partial charge on any atom is 0.257 e. The quantitative estimate of drug-likeness (QED) is 0.836. The molecule has 2 aromatic rings. The first-order chi connectivity index (χ1) is 12.3. The molecule has 134 valence electrons. The van der Waals surface area contributed by atoms with Crippen LogP contribution in [0.5, 0.6) is 0 Å². The van der Waals surface area contributed by atoms with E-state index < -0.39 is 15.9 Å². The third kappa shape index (κ3) is 3.78. The highest BCUT2D eigenvalue weighted by molar-refractivity contribution is 7.93. The van der Waals surface area contributed by atoms with Gasteiger partial charge in [0.1, 0.15) is 0 Å². The Morgan fingerprint density at radius 1 is 1.19 bits per heavy atom. The highest BCUT2D eigenvalue weighted by Gasteiger charge is 2.29. The Bertz CT molecular complexity index is 1030. The fourth-order valence-corrected chi connectivity index (χ4v) is 4.69. The molecule has 0 bridgehead atoms. The van der Waals surface area contributed by atoms with Gasteiger partial charge in [0.05, 0.1) is 33.7 Å². The molecule has 26 heavy (non-hydrogen) atoms. The fraction of sp³-hybridized carbons (Fsp3) is 0.176. The van der Waals surface area contributed by atoms with Crippen LogP contribution in [0.25, 0.3) is 0 Å². The van der Waals surface area contributed by atoms with Crippen LogP contribution in [-0.2, 0) is 10.0 Å². The zero-order valence-electron chi connectivity index (χ0n) is 13.4. The van der Waals surface area contributed by atoms with Crippen LogP contribution in [0.1, 0.15) is 22.3 Å². The van der Waals surface area contributed by atoms with Crippen molar-refractivity contribution in [2.75, 3.05) is 21.9 Å². The van der Waals surface area contributed by atoms with Crippen LogP contribution in [0.2, 0.25) is 10.0 Å². The summed E-state index contributed by atoms with van der Waals surface area (Å²) in [5.74, 6) is -0.448. The summed E-state index contributed by atoms with van der Waals surface area (Å²) < 4.78 is 25.4. The third-order valence-corrected chi connectivity index (χ3v) is 6.28. The Hall–Kier alpha value is -2.27. The molecule has 3 rings (SSSR count). The molecule has 1 saturated heterocycles. The molecule has 0 aliphatic carbocycles. The first-order valence-electron chi connectivity index (χ1n) is 7.62. The molecule has 0 radical (unpaired) electrons. The van der Waals surface area contributed by atoms with Crippen molar-refractivity contribution in [2.45, 2.75) is 6.42 Å². The number of sulfonamides is 1. The predicted octanol–water partition coefficient (Wildman–Crippen LogP) is 3.66. The Balaban J connectivity index is 1.92. The van der Waals surface area contributed by atoms with Gasteiger partial charge in [0.25, 0.3) is 5.91 Å². The van der Waals surface area contributed by atoms with Crippen molar-refractivity contribution in [1.82, 2.24) is 0 Å². The Labute approximate surface area is 161 Å². The number of nitrogens with one attached hydrogen (secondary N) is 1. The number of carbonyl (C=O) groups excluding carboxylic acids is 1. The summed E-state index contributed by atoms with van der Waals surface area (Å²) in [6, 6.07) is 10.9. The molecule has 1 aliphatic heterocycles. The van der Waals surface area contributed by atoms with Gasteiger partial charge in [-0.1, -0.05) is 23.2 Å². The molecular weight excluding hydrogens is 397 g/mol. The summed E-state index contributed by atoms with van der Waals surface area (Å²) in [5.41, 5.74) is 1.16. The number of nitriles is 1. The van der Waals surface area contributed by atoms with E-state index in [1.807, 2.05) is 6.07 Å². The standard InChI is InChI=1S/C17H13Cl2N3O3S/c18-12-6-11(10-20)7-13(8-12)21-17(23)15-9-14(2-3-16(15)19)22-4-1-5-26(22,24)25/h2-3,6-9H,1,4-5H2,(H,21,23). The molecule has 2 aromatic carbocycles. The normalized spacial score (nSPS) is 15.5. The number of amides is 1. The van der Waals surface area contributed by atoms with Gasteiger partial charge in [-0.25, -0.2) is 8.42 Å². The average molecular weight is 410 g/mol. The van der Waals surface area contributed by atoms with Gasteiger partial charge in [0.15, 0.2) is 0 Å². The van der Waals surface area contributed by atoms with Crippen LogP contribution >= 0.6 is 23.2 Å². The maximum atomic E-state index is 12.6. The first-order valence-corrected chi connectivity index (χ1v) is 9.99. The molecule has 0 aromatic heterocycles. The molecule has 0 unspecified atom stereocenters. The molecule has 1 heterocycles. The summed E-state index contributed by atoms with van der Waals surface area (Å²) in [5, 5.41) is 12.1. The van der Waals surface area contributed by atoms with E-state index in [0.29, 0.717) is 34.9 Å². The maximum absolute atomic E-state index is 12.6. The zero-order chi connectivity index (χ0) is 18.9. The zero-order valence-corrected chi connectivity index (χ0v) is 15.7. The van der Waals surface area contributed by atoms with Gasteiger partial charge in [-0.3, -0.25) is 9.10 Å². The second-order valence-electron chi connectivity index (χ2n) is 5.70. The van der Waals surface area contributed by atoms with E-state index in [2.05, 4.69) is 5.32 Å². The summed E-state index contributed by atoms with van der Waals surface area (Å²) in [7, 11) is -3.36. The lowest BCUT2D eigenvalue weighted by Gasteiger charge is -2.18. The number of rotatable bonds is 3. The molecular formula is C17H13Cl2N3O3S. The van der Waals surface area contributed by atoms with E-state index in [1.54, 1.807) is 6.07 Å². The molecule has 1 aliphatic rings. The monoisotopic (exact) mass is 409 g/mol. The van der Waals surface area contributed by atoms with E-state index in [4.69, 9.17) is 28.5 Å². The average Bonchev–Trinajstić information content (AvgIpc) is 2.94. The van der Waals surface area contributed by atoms with Gasteiger partial charge in [0, 0.05) is 17.3 Å².